The van der Waals surface area contributed by atoms with Gasteiger partial charge in [0.25, 0.3) is 0 Å². The molecule has 7 heteroatoms. The third kappa shape index (κ3) is 4.55. The number of aromatic nitrogens is 2. The van der Waals surface area contributed by atoms with Crippen molar-refractivity contribution in [2.45, 2.75) is 17.7 Å². The van der Waals surface area contributed by atoms with Crippen LogP contribution in [0.4, 0.5) is 5.69 Å². The van der Waals surface area contributed by atoms with Crippen molar-refractivity contribution < 1.29 is 4.79 Å². The lowest BCUT2D eigenvalue weighted by Gasteiger charge is -2.21. The number of thioether (sulfide) groups is 1. The summed E-state index contributed by atoms with van der Waals surface area (Å²) in [6, 6.07) is 9.81. The van der Waals surface area contributed by atoms with E-state index in [9.17, 15) is 4.79 Å². The smallest absolute Gasteiger partial charge is 0.237 e. The molecule has 0 bridgehead atoms. The van der Waals surface area contributed by atoms with Crippen molar-refractivity contribution in [2.24, 2.45) is 0 Å². The minimum atomic E-state index is -0.0331. The molecule has 5 nitrogen and oxygen atoms in total. The van der Waals surface area contributed by atoms with Crippen LogP contribution in [0.2, 0.25) is 0 Å². The fourth-order valence-corrected chi connectivity index (χ4v) is 3.08. The molecule has 0 radical (unpaired) electrons. The normalized spacial score (nSPS) is 10.1. The summed E-state index contributed by atoms with van der Waals surface area (Å²) in [6.45, 7) is 2.39. The Hall–Kier alpha value is -1.91. The van der Waals surface area contributed by atoms with E-state index in [1.807, 2.05) is 31.2 Å². The van der Waals surface area contributed by atoms with Crippen molar-refractivity contribution in [1.29, 1.82) is 5.26 Å². The summed E-state index contributed by atoms with van der Waals surface area (Å²) in [6.07, 6.45) is 0.309. The van der Waals surface area contributed by atoms with Gasteiger partial charge >= 0.3 is 0 Å². The zero-order valence-corrected chi connectivity index (χ0v) is 13.2. The monoisotopic (exact) mass is 318 g/mol. The van der Waals surface area contributed by atoms with Crippen LogP contribution in [0.5, 0.6) is 0 Å². The van der Waals surface area contributed by atoms with Gasteiger partial charge in [-0.1, -0.05) is 40.8 Å². The number of amides is 1. The molecule has 21 heavy (non-hydrogen) atoms. The van der Waals surface area contributed by atoms with Gasteiger partial charge in [0, 0.05) is 12.2 Å². The highest BCUT2D eigenvalue weighted by Gasteiger charge is 2.16. The lowest BCUT2D eigenvalue weighted by molar-refractivity contribution is -0.116. The topological polar surface area (TPSA) is 69.9 Å². The van der Waals surface area contributed by atoms with Crippen molar-refractivity contribution in [3.05, 3.63) is 35.3 Å². The third-order valence-electron chi connectivity index (χ3n) is 2.75. The quantitative estimate of drug-likeness (QED) is 0.766. The van der Waals surface area contributed by atoms with Gasteiger partial charge in [0.15, 0.2) is 4.34 Å². The van der Waals surface area contributed by atoms with Crippen LogP contribution in [0.15, 0.2) is 34.1 Å². The maximum absolute atomic E-state index is 12.4. The Morgan fingerprint density at radius 1 is 1.43 bits per heavy atom. The van der Waals surface area contributed by atoms with Crippen LogP contribution in [0.3, 0.4) is 0 Å². The summed E-state index contributed by atoms with van der Waals surface area (Å²) in [7, 11) is 0. The molecule has 0 unspecified atom stereocenters. The highest BCUT2D eigenvalue weighted by molar-refractivity contribution is 8.01. The number of carbonyl (C=O) groups is 1. The largest absolute Gasteiger partial charge is 0.311 e. The van der Waals surface area contributed by atoms with Gasteiger partial charge < -0.3 is 4.90 Å². The molecule has 2 aromatic rings. The van der Waals surface area contributed by atoms with Crippen LogP contribution >= 0.6 is 23.1 Å². The number of rotatable bonds is 6. The second-order valence-electron chi connectivity index (χ2n) is 4.28. The maximum Gasteiger partial charge on any atom is 0.237 e. The SMILES string of the molecule is Cc1ccc(N(CCC#N)C(=O)CSc2nncs2)cc1. The Morgan fingerprint density at radius 3 is 2.81 bits per heavy atom. The first kappa shape index (κ1) is 15.5. The molecule has 0 aliphatic rings. The van der Waals surface area contributed by atoms with E-state index in [1.54, 1.807) is 10.4 Å². The van der Waals surface area contributed by atoms with Crippen LogP contribution in [0.1, 0.15) is 12.0 Å². The lowest BCUT2D eigenvalue weighted by Crippen LogP contribution is -2.33. The summed E-state index contributed by atoms with van der Waals surface area (Å²) in [5.41, 5.74) is 3.59. The highest BCUT2D eigenvalue weighted by atomic mass is 32.2. The molecule has 0 fully saturated rings. The Balaban J connectivity index is 2.05. The van der Waals surface area contributed by atoms with E-state index in [-0.39, 0.29) is 11.7 Å². The summed E-state index contributed by atoms with van der Waals surface area (Å²) < 4.78 is 0.771. The molecule has 0 aliphatic carbocycles. The molecular weight excluding hydrogens is 304 g/mol. The van der Waals surface area contributed by atoms with Gasteiger partial charge in [-0.05, 0) is 19.1 Å². The van der Waals surface area contributed by atoms with Crippen LogP contribution < -0.4 is 4.90 Å². The number of benzene rings is 1. The van der Waals surface area contributed by atoms with E-state index in [0.29, 0.717) is 13.0 Å². The van der Waals surface area contributed by atoms with Gasteiger partial charge in [-0.3, -0.25) is 4.79 Å². The molecule has 108 valence electrons. The first-order chi connectivity index (χ1) is 10.2. The molecule has 0 saturated heterocycles. The van der Waals surface area contributed by atoms with Crippen LogP contribution in [-0.2, 0) is 4.79 Å². The molecule has 0 spiro atoms. The standard InChI is InChI=1S/C14H14N4OS2/c1-11-3-5-12(6-4-11)18(8-2-7-15)13(19)9-20-14-17-16-10-21-14/h3-6,10H,2,8-9H2,1H3. The summed E-state index contributed by atoms with van der Waals surface area (Å²) in [4.78, 5) is 14.0. The zero-order valence-electron chi connectivity index (χ0n) is 11.5. The maximum atomic E-state index is 12.4. The van der Waals surface area contributed by atoms with Gasteiger partial charge in [0.1, 0.15) is 5.51 Å². The van der Waals surface area contributed by atoms with Gasteiger partial charge in [-0.2, -0.15) is 5.26 Å². The molecule has 1 aromatic heterocycles. The van der Waals surface area contributed by atoms with Gasteiger partial charge in [-0.25, -0.2) is 0 Å². The van der Waals surface area contributed by atoms with Crippen LogP contribution in [0, 0.1) is 18.3 Å². The summed E-state index contributed by atoms with van der Waals surface area (Å²) >= 11 is 2.78. The summed E-state index contributed by atoms with van der Waals surface area (Å²) in [5, 5.41) is 16.4. The number of nitriles is 1. The zero-order chi connectivity index (χ0) is 15.1. The molecule has 0 aliphatic heterocycles. The van der Waals surface area contributed by atoms with Crippen molar-refractivity contribution in [2.75, 3.05) is 17.2 Å². The number of nitrogens with zero attached hydrogens (tertiary/aromatic N) is 4. The molecule has 1 heterocycles. The number of hydrogen-bond donors (Lipinski definition) is 0. The van der Waals surface area contributed by atoms with E-state index in [2.05, 4.69) is 16.3 Å². The van der Waals surface area contributed by atoms with Crippen LogP contribution in [0.25, 0.3) is 0 Å². The average molecular weight is 318 g/mol. The molecule has 0 N–H and O–H groups in total. The van der Waals surface area contributed by atoms with Gasteiger partial charge in [0.2, 0.25) is 5.91 Å². The first-order valence-corrected chi connectivity index (χ1v) is 8.20. The van der Waals surface area contributed by atoms with E-state index < -0.39 is 0 Å². The second kappa shape index (κ2) is 7.76. The number of hydrogen-bond acceptors (Lipinski definition) is 6. The molecule has 1 amide bonds. The molecule has 0 atom stereocenters. The number of aryl methyl sites for hydroxylation is 1. The Labute approximate surface area is 131 Å². The van der Waals surface area contributed by atoms with Gasteiger partial charge in [0.05, 0.1) is 18.2 Å². The number of anilines is 1. The Morgan fingerprint density at radius 2 is 2.19 bits per heavy atom. The fourth-order valence-electron chi connectivity index (χ4n) is 1.71. The minimum Gasteiger partial charge on any atom is -0.311 e. The molecule has 1 aromatic carbocycles. The predicted molar refractivity (Wildman–Crippen MR) is 84.4 cm³/mol. The van der Waals surface area contributed by atoms with E-state index in [4.69, 9.17) is 5.26 Å². The van der Waals surface area contributed by atoms with Crippen molar-refractivity contribution in [3.63, 3.8) is 0 Å². The predicted octanol–water partition coefficient (Wildman–Crippen LogP) is 2.89. The van der Waals surface area contributed by atoms with E-state index in [0.717, 1.165) is 15.6 Å². The van der Waals surface area contributed by atoms with E-state index >= 15 is 0 Å². The van der Waals surface area contributed by atoms with Gasteiger partial charge in [-0.15, -0.1) is 10.2 Å². The minimum absolute atomic E-state index is 0.0331. The van der Waals surface area contributed by atoms with Crippen LogP contribution in [-0.4, -0.2) is 28.4 Å². The third-order valence-corrected chi connectivity index (χ3v) is 4.60. The second-order valence-corrected chi connectivity index (χ2v) is 6.34. The van der Waals surface area contributed by atoms with Crippen molar-refractivity contribution in [1.82, 2.24) is 10.2 Å². The summed E-state index contributed by atoms with van der Waals surface area (Å²) in [5.74, 6) is 0.253. The lowest BCUT2D eigenvalue weighted by atomic mass is 10.2. The first-order valence-electron chi connectivity index (χ1n) is 6.33. The molecule has 2 rings (SSSR count). The Kier molecular flexibility index (Phi) is 5.72. The fraction of sp³-hybridized carbons (Fsp3) is 0.286. The molecular formula is C14H14N4OS2. The van der Waals surface area contributed by atoms with Crippen molar-refractivity contribution >= 4 is 34.7 Å². The highest BCUT2D eigenvalue weighted by Crippen LogP contribution is 2.22. The van der Waals surface area contributed by atoms with Crippen molar-refractivity contribution in [3.8, 4) is 6.07 Å². The average Bonchev–Trinajstić information content (AvgIpc) is 3.00. The molecule has 0 saturated carbocycles. The number of carbonyl (C=O) groups excluding carboxylic acids is 1. The Bertz CT molecular complexity index is 619. The van der Waals surface area contributed by atoms with E-state index in [1.165, 1.54) is 23.1 Å².